The number of imidazole rings is 1. The van der Waals surface area contributed by atoms with Crippen LogP contribution in [0, 0.1) is 5.92 Å². The monoisotopic (exact) mass is 453 g/mol. The lowest BCUT2D eigenvalue weighted by atomic mass is 10.1. The van der Waals surface area contributed by atoms with E-state index < -0.39 is 5.69 Å². The highest BCUT2D eigenvalue weighted by molar-refractivity contribution is 5.76. The van der Waals surface area contributed by atoms with Gasteiger partial charge in [0.25, 0.3) is 5.56 Å². The first-order chi connectivity index (χ1) is 15.8. The highest BCUT2D eigenvalue weighted by Gasteiger charge is 2.34. The lowest BCUT2D eigenvalue weighted by Crippen LogP contribution is -2.39. The Kier molecular flexibility index (Phi) is 6.40. The third-order valence-corrected chi connectivity index (χ3v) is 6.64. The van der Waals surface area contributed by atoms with E-state index in [0.717, 1.165) is 28.7 Å². The highest BCUT2D eigenvalue weighted by atomic mass is 16.5. The number of benzene rings is 1. The van der Waals surface area contributed by atoms with Crippen molar-refractivity contribution in [2.24, 2.45) is 20.0 Å². The number of amides is 1. The Morgan fingerprint density at radius 1 is 1.18 bits per heavy atom. The number of carbonyl (C=O) groups is 1. The lowest BCUT2D eigenvalue weighted by molar-refractivity contribution is -0.134. The zero-order valence-corrected chi connectivity index (χ0v) is 19.7. The fourth-order valence-electron chi connectivity index (χ4n) is 4.33. The van der Waals surface area contributed by atoms with Gasteiger partial charge in [-0.25, -0.2) is 9.78 Å². The van der Waals surface area contributed by atoms with Gasteiger partial charge >= 0.3 is 5.69 Å². The summed E-state index contributed by atoms with van der Waals surface area (Å²) in [7, 11) is 4.70. The normalized spacial score (nSPS) is 14.4. The van der Waals surface area contributed by atoms with E-state index in [1.807, 2.05) is 29.2 Å². The Hall–Kier alpha value is -3.36. The molecule has 3 aromatic rings. The van der Waals surface area contributed by atoms with Crippen LogP contribution in [-0.4, -0.2) is 42.6 Å². The molecule has 0 N–H and O–H groups in total. The molecule has 0 saturated heterocycles. The number of hydrogen-bond acceptors (Lipinski definition) is 5. The molecule has 1 aliphatic carbocycles. The van der Waals surface area contributed by atoms with Crippen LogP contribution in [-0.2, 0) is 32.0 Å². The van der Waals surface area contributed by atoms with Crippen LogP contribution in [0.3, 0.4) is 0 Å². The van der Waals surface area contributed by atoms with E-state index in [9.17, 15) is 14.4 Å². The number of rotatable bonds is 9. The smallest absolute Gasteiger partial charge is 0.332 e. The van der Waals surface area contributed by atoms with Crippen LogP contribution in [0.5, 0.6) is 5.75 Å². The van der Waals surface area contributed by atoms with Gasteiger partial charge in [0, 0.05) is 39.6 Å². The van der Waals surface area contributed by atoms with Gasteiger partial charge in [-0.05, 0) is 49.8 Å². The molecule has 2 aromatic heterocycles. The van der Waals surface area contributed by atoms with Crippen molar-refractivity contribution in [1.82, 2.24) is 23.6 Å². The van der Waals surface area contributed by atoms with Crippen molar-refractivity contribution in [3.05, 3.63) is 57.0 Å². The zero-order chi connectivity index (χ0) is 23.7. The molecule has 1 fully saturated rings. The molecule has 1 saturated carbocycles. The van der Waals surface area contributed by atoms with Crippen LogP contribution in [0.2, 0.25) is 0 Å². The van der Waals surface area contributed by atoms with Gasteiger partial charge in [-0.1, -0.05) is 12.1 Å². The molecule has 4 rings (SSSR count). The number of fused-ring (bicyclic) bond motifs is 1. The van der Waals surface area contributed by atoms with E-state index in [0.29, 0.717) is 43.0 Å². The molecule has 1 aromatic carbocycles. The summed E-state index contributed by atoms with van der Waals surface area (Å²) in [5, 5.41) is 0. The Bertz CT molecular complexity index is 1270. The minimum Gasteiger partial charge on any atom is -0.497 e. The number of carbonyl (C=O) groups excluding carboxylic acids is 1. The number of hydrogen-bond donors (Lipinski definition) is 0. The molecule has 0 bridgehead atoms. The third kappa shape index (κ3) is 4.58. The van der Waals surface area contributed by atoms with Crippen molar-refractivity contribution in [3.8, 4) is 5.75 Å². The van der Waals surface area contributed by atoms with Gasteiger partial charge in [0.05, 0.1) is 13.4 Å². The van der Waals surface area contributed by atoms with Crippen molar-refractivity contribution in [2.45, 2.75) is 51.7 Å². The molecule has 0 aliphatic heterocycles. The maximum absolute atomic E-state index is 13.2. The van der Waals surface area contributed by atoms with Crippen molar-refractivity contribution in [3.63, 3.8) is 0 Å². The third-order valence-electron chi connectivity index (χ3n) is 6.64. The van der Waals surface area contributed by atoms with Gasteiger partial charge < -0.3 is 14.2 Å². The van der Waals surface area contributed by atoms with Gasteiger partial charge in [0.2, 0.25) is 5.91 Å². The summed E-state index contributed by atoms with van der Waals surface area (Å²) in [6.07, 6.45) is 4.84. The van der Waals surface area contributed by atoms with Gasteiger partial charge in [0.1, 0.15) is 5.75 Å². The van der Waals surface area contributed by atoms with E-state index in [2.05, 4.69) is 11.9 Å². The number of ether oxygens (including phenoxy) is 1. The first-order valence-electron chi connectivity index (χ1n) is 11.3. The summed E-state index contributed by atoms with van der Waals surface area (Å²) < 4.78 is 9.42. The molecule has 1 aliphatic rings. The number of aryl methyl sites for hydroxylation is 2. The molecular formula is C24H31N5O4. The van der Waals surface area contributed by atoms with Gasteiger partial charge in [-0.2, -0.15) is 0 Å². The second kappa shape index (κ2) is 9.25. The standard InChI is InChI=1S/C24H31N5O4/c1-16(18-9-10-18)29(14-17-7-11-19(33-4)12-8-17)20(30)6-5-13-28-15-25-22-21(28)23(31)27(3)24(32)26(22)2/h7-8,11-12,15-16,18H,5-6,9-10,13-14H2,1-4H3. The van der Waals surface area contributed by atoms with Crippen molar-refractivity contribution >= 4 is 17.1 Å². The van der Waals surface area contributed by atoms with Crippen LogP contribution >= 0.6 is 0 Å². The first kappa shape index (κ1) is 22.8. The summed E-state index contributed by atoms with van der Waals surface area (Å²) in [6.45, 7) is 3.17. The summed E-state index contributed by atoms with van der Waals surface area (Å²) in [5.41, 5.74) is 1.03. The SMILES string of the molecule is COc1ccc(CN(C(=O)CCCn2cnc3c2c(=O)n(C)c(=O)n3C)C(C)C2CC2)cc1. The zero-order valence-electron chi connectivity index (χ0n) is 19.7. The van der Waals surface area contributed by atoms with E-state index in [4.69, 9.17) is 4.74 Å². The predicted octanol–water partition coefficient (Wildman–Crippen LogP) is 2.05. The summed E-state index contributed by atoms with van der Waals surface area (Å²) in [5.74, 6) is 1.46. The van der Waals surface area contributed by atoms with Crippen molar-refractivity contribution in [1.29, 1.82) is 0 Å². The van der Waals surface area contributed by atoms with E-state index in [1.165, 1.54) is 11.6 Å². The summed E-state index contributed by atoms with van der Waals surface area (Å²) in [6, 6.07) is 8.01. The van der Waals surface area contributed by atoms with Crippen LogP contribution in [0.1, 0.15) is 38.2 Å². The Morgan fingerprint density at radius 3 is 2.52 bits per heavy atom. The fraction of sp³-hybridized carbons (Fsp3) is 0.500. The topological polar surface area (TPSA) is 91.4 Å². The van der Waals surface area contributed by atoms with Crippen LogP contribution < -0.4 is 16.0 Å². The molecular weight excluding hydrogens is 422 g/mol. The second-order valence-electron chi connectivity index (χ2n) is 8.87. The lowest BCUT2D eigenvalue weighted by Gasteiger charge is -2.30. The summed E-state index contributed by atoms with van der Waals surface area (Å²) >= 11 is 0. The number of nitrogens with zero attached hydrogens (tertiary/aromatic N) is 5. The Balaban J connectivity index is 1.46. The second-order valence-corrected chi connectivity index (χ2v) is 8.87. The van der Waals surface area contributed by atoms with Gasteiger partial charge in [0.15, 0.2) is 11.2 Å². The van der Waals surface area contributed by atoms with E-state index in [-0.39, 0.29) is 17.5 Å². The Labute approximate surface area is 192 Å². The van der Waals surface area contributed by atoms with E-state index in [1.54, 1.807) is 25.1 Å². The summed E-state index contributed by atoms with van der Waals surface area (Å²) in [4.78, 5) is 44.2. The van der Waals surface area contributed by atoms with Gasteiger partial charge in [-0.3, -0.25) is 18.7 Å². The molecule has 1 amide bonds. The van der Waals surface area contributed by atoms with Crippen LogP contribution in [0.4, 0.5) is 0 Å². The maximum Gasteiger partial charge on any atom is 0.332 e. The molecule has 9 nitrogen and oxygen atoms in total. The minimum atomic E-state index is -0.406. The molecule has 9 heteroatoms. The molecule has 0 radical (unpaired) electrons. The van der Waals surface area contributed by atoms with Crippen molar-refractivity contribution < 1.29 is 9.53 Å². The fourth-order valence-corrected chi connectivity index (χ4v) is 4.33. The predicted molar refractivity (Wildman–Crippen MR) is 125 cm³/mol. The average molecular weight is 454 g/mol. The maximum atomic E-state index is 13.2. The van der Waals surface area contributed by atoms with Gasteiger partial charge in [-0.15, -0.1) is 0 Å². The average Bonchev–Trinajstić information content (AvgIpc) is 3.59. The molecule has 1 atom stereocenters. The molecule has 2 heterocycles. The van der Waals surface area contributed by atoms with Crippen molar-refractivity contribution in [2.75, 3.05) is 7.11 Å². The van der Waals surface area contributed by atoms with E-state index >= 15 is 0 Å². The molecule has 0 spiro atoms. The molecule has 1 unspecified atom stereocenters. The first-order valence-corrected chi connectivity index (χ1v) is 11.3. The Morgan fingerprint density at radius 2 is 1.88 bits per heavy atom. The number of aromatic nitrogens is 4. The number of methoxy groups -OCH3 is 1. The molecule has 33 heavy (non-hydrogen) atoms. The largest absolute Gasteiger partial charge is 0.497 e. The van der Waals surface area contributed by atoms with Crippen LogP contribution in [0.15, 0.2) is 40.2 Å². The van der Waals surface area contributed by atoms with Crippen LogP contribution in [0.25, 0.3) is 11.2 Å². The quantitative estimate of drug-likeness (QED) is 0.495. The minimum absolute atomic E-state index is 0.106. The molecule has 176 valence electrons. The highest BCUT2D eigenvalue weighted by Crippen LogP contribution is 2.36.